The predicted molar refractivity (Wildman–Crippen MR) is 65.5 cm³/mol. The highest BCUT2D eigenvalue weighted by atomic mass is 16.5. The molecule has 18 heavy (non-hydrogen) atoms. The van der Waals surface area contributed by atoms with Gasteiger partial charge in [0, 0.05) is 6.04 Å². The summed E-state index contributed by atoms with van der Waals surface area (Å²) in [5.41, 5.74) is 1.05. The van der Waals surface area contributed by atoms with Gasteiger partial charge in [0.1, 0.15) is 11.8 Å². The lowest BCUT2D eigenvalue weighted by molar-refractivity contribution is -0.144. The summed E-state index contributed by atoms with van der Waals surface area (Å²) in [4.78, 5) is 11.0. The van der Waals surface area contributed by atoms with Gasteiger partial charge in [-0.15, -0.1) is 0 Å². The van der Waals surface area contributed by atoms with E-state index in [0.717, 1.165) is 6.42 Å². The van der Waals surface area contributed by atoms with Crippen molar-refractivity contribution in [3.8, 4) is 11.8 Å². The molecule has 1 aliphatic carbocycles. The number of nitrogens with zero attached hydrogens (tertiary/aromatic N) is 1. The molecule has 0 aromatic heterocycles. The third-order valence-electron chi connectivity index (χ3n) is 3.29. The van der Waals surface area contributed by atoms with Crippen LogP contribution in [0.25, 0.3) is 0 Å². The summed E-state index contributed by atoms with van der Waals surface area (Å²) in [7, 11) is 1.52. The van der Waals surface area contributed by atoms with Gasteiger partial charge in [0.2, 0.25) is 0 Å². The van der Waals surface area contributed by atoms with E-state index >= 15 is 0 Å². The Morgan fingerprint density at radius 1 is 1.56 bits per heavy atom. The lowest BCUT2D eigenvalue weighted by Crippen LogP contribution is -2.43. The van der Waals surface area contributed by atoms with Gasteiger partial charge in [-0.25, -0.2) is 0 Å². The number of anilines is 1. The van der Waals surface area contributed by atoms with Gasteiger partial charge in [-0.3, -0.25) is 4.79 Å². The van der Waals surface area contributed by atoms with Crippen molar-refractivity contribution in [2.45, 2.75) is 18.9 Å². The van der Waals surface area contributed by atoms with Gasteiger partial charge in [-0.2, -0.15) is 5.26 Å². The van der Waals surface area contributed by atoms with Crippen molar-refractivity contribution in [1.29, 1.82) is 5.26 Å². The van der Waals surface area contributed by atoms with Crippen LogP contribution in [0.1, 0.15) is 18.4 Å². The number of carboxylic acids is 1. The first-order valence-electron chi connectivity index (χ1n) is 5.73. The van der Waals surface area contributed by atoms with E-state index in [0.29, 0.717) is 23.4 Å². The van der Waals surface area contributed by atoms with Crippen LogP contribution in [0.2, 0.25) is 0 Å². The zero-order valence-electron chi connectivity index (χ0n) is 10.0. The molecule has 1 fully saturated rings. The molecule has 0 heterocycles. The maximum Gasteiger partial charge on any atom is 0.308 e. The van der Waals surface area contributed by atoms with Crippen molar-refractivity contribution in [2.75, 3.05) is 12.4 Å². The number of nitriles is 1. The van der Waals surface area contributed by atoms with Crippen molar-refractivity contribution in [1.82, 2.24) is 0 Å². The van der Waals surface area contributed by atoms with E-state index in [2.05, 4.69) is 11.4 Å². The molecule has 2 N–H and O–H groups in total. The molecule has 2 atom stereocenters. The number of para-hydroxylation sites is 1. The molecular weight excluding hydrogens is 232 g/mol. The average Bonchev–Trinajstić information content (AvgIpc) is 2.33. The standard InChI is InChI=1S/C13H14N2O3/c1-18-11-4-2-3-8(7-14)12(11)15-10-6-5-9(10)13(16)17/h2-4,9-10,15H,5-6H2,1H3,(H,16,17). The minimum atomic E-state index is -0.799. The number of aliphatic carboxylic acids is 1. The third kappa shape index (κ3) is 2.09. The molecule has 0 aliphatic heterocycles. The summed E-state index contributed by atoms with van der Waals surface area (Å²) in [5, 5.41) is 21.2. The van der Waals surface area contributed by atoms with Crippen molar-refractivity contribution in [3.05, 3.63) is 23.8 Å². The summed E-state index contributed by atoms with van der Waals surface area (Å²) in [6, 6.07) is 7.11. The number of ether oxygens (including phenoxy) is 1. The molecule has 5 heteroatoms. The summed E-state index contributed by atoms with van der Waals surface area (Å²) < 4.78 is 5.19. The Balaban J connectivity index is 2.23. The fourth-order valence-corrected chi connectivity index (χ4v) is 2.10. The Bertz CT molecular complexity index is 507. The monoisotopic (exact) mass is 246 g/mol. The van der Waals surface area contributed by atoms with Crippen LogP contribution in [0.15, 0.2) is 18.2 Å². The number of nitrogens with one attached hydrogen (secondary N) is 1. The van der Waals surface area contributed by atoms with Gasteiger partial charge in [-0.1, -0.05) is 6.07 Å². The normalized spacial score (nSPS) is 21.6. The first-order chi connectivity index (χ1) is 8.67. The zero-order chi connectivity index (χ0) is 13.1. The first-order valence-corrected chi connectivity index (χ1v) is 5.73. The largest absolute Gasteiger partial charge is 0.495 e. The molecule has 5 nitrogen and oxygen atoms in total. The Labute approximate surface area is 105 Å². The Kier molecular flexibility index (Phi) is 3.38. The van der Waals surface area contributed by atoms with Gasteiger partial charge in [0.05, 0.1) is 24.3 Å². The van der Waals surface area contributed by atoms with E-state index in [1.165, 1.54) is 7.11 Å². The number of benzene rings is 1. The SMILES string of the molecule is COc1cccc(C#N)c1NC1CCC1C(=O)O. The molecule has 0 bridgehead atoms. The van der Waals surface area contributed by atoms with Crippen LogP contribution in [-0.2, 0) is 4.79 Å². The van der Waals surface area contributed by atoms with E-state index < -0.39 is 5.97 Å². The van der Waals surface area contributed by atoms with Gasteiger partial charge < -0.3 is 15.2 Å². The smallest absolute Gasteiger partial charge is 0.308 e. The van der Waals surface area contributed by atoms with Crippen LogP contribution >= 0.6 is 0 Å². The third-order valence-corrected chi connectivity index (χ3v) is 3.29. The Morgan fingerprint density at radius 2 is 2.33 bits per heavy atom. The van der Waals surface area contributed by atoms with Crippen LogP contribution in [0, 0.1) is 17.2 Å². The summed E-state index contributed by atoms with van der Waals surface area (Å²) >= 11 is 0. The van der Waals surface area contributed by atoms with E-state index in [4.69, 9.17) is 15.1 Å². The molecule has 0 amide bonds. The van der Waals surface area contributed by atoms with E-state index in [9.17, 15) is 4.79 Å². The summed E-state index contributed by atoms with van der Waals surface area (Å²) in [6.07, 6.45) is 1.46. The summed E-state index contributed by atoms with van der Waals surface area (Å²) in [6.45, 7) is 0. The quantitative estimate of drug-likeness (QED) is 0.847. The maximum atomic E-state index is 11.0. The molecule has 1 saturated carbocycles. The highest BCUT2D eigenvalue weighted by Gasteiger charge is 2.37. The first kappa shape index (κ1) is 12.2. The second-order valence-electron chi connectivity index (χ2n) is 4.27. The fourth-order valence-electron chi connectivity index (χ4n) is 2.10. The number of rotatable bonds is 4. The second-order valence-corrected chi connectivity index (χ2v) is 4.27. The van der Waals surface area contributed by atoms with Gasteiger partial charge in [0.15, 0.2) is 0 Å². The molecule has 0 saturated heterocycles. The number of carbonyl (C=O) groups is 1. The van der Waals surface area contributed by atoms with Gasteiger partial charge >= 0.3 is 5.97 Å². The zero-order valence-corrected chi connectivity index (χ0v) is 10.0. The van der Waals surface area contributed by atoms with E-state index in [1.54, 1.807) is 18.2 Å². The maximum absolute atomic E-state index is 11.0. The fraction of sp³-hybridized carbons (Fsp3) is 0.385. The number of carboxylic acid groups (broad SMARTS) is 1. The van der Waals surface area contributed by atoms with Crippen molar-refractivity contribution < 1.29 is 14.6 Å². The van der Waals surface area contributed by atoms with Crippen LogP contribution in [0.5, 0.6) is 5.75 Å². The second kappa shape index (κ2) is 4.96. The highest BCUT2D eigenvalue weighted by Crippen LogP contribution is 2.35. The van der Waals surface area contributed by atoms with Crippen LogP contribution in [0.4, 0.5) is 5.69 Å². The van der Waals surface area contributed by atoms with E-state index in [-0.39, 0.29) is 12.0 Å². The Hall–Kier alpha value is -2.22. The van der Waals surface area contributed by atoms with Crippen molar-refractivity contribution >= 4 is 11.7 Å². The molecule has 1 aromatic carbocycles. The minimum Gasteiger partial charge on any atom is -0.495 e. The molecule has 0 spiro atoms. The summed E-state index contributed by atoms with van der Waals surface area (Å²) in [5.74, 6) is -0.626. The average molecular weight is 246 g/mol. The minimum absolute atomic E-state index is 0.133. The van der Waals surface area contributed by atoms with Gasteiger partial charge in [0.25, 0.3) is 0 Å². The van der Waals surface area contributed by atoms with Crippen LogP contribution in [-0.4, -0.2) is 24.2 Å². The van der Waals surface area contributed by atoms with Crippen LogP contribution < -0.4 is 10.1 Å². The number of hydrogen-bond donors (Lipinski definition) is 2. The molecule has 1 aromatic rings. The molecule has 2 rings (SSSR count). The molecule has 2 unspecified atom stereocenters. The molecule has 0 radical (unpaired) electrons. The van der Waals surface area contributed by atoms with Gasteiger partial charge in [-0.05, 0) is 25.0 Å². The Morgan fingerprint density at radius 3 is 2.83 bits per heavy atom. The predicted octanol–water partition coefficient (Wildman–Crippen LogP) is 1.84. The topological polar surface area (TPSA) is 82.3 Å². The van der Waals surface area contributed by atoms with Crippen LogP contribution in [0.3, 0.4) is 0 Å². The molecular formula is C13H14N2O3. The molecule has 1 aliphatic rings. The van der Waals surface area contributed by atoms with E-state index in [1.807, 2.05) is 0 Å². The number of methoxy groups -OCH3 is 1. The lowest BCUT2D eigenvalue weighted by Gasteiger charge is -2.35. The van der Waals surface area contributed by atoms with Crippen molar-refractivity contribution in [3.63, 3.8) is 0 Å². The lowest BCUT2D eigenvalue weighted by atomic mass is 9.79. The highest BCUT2D eigenvalue weighted by molar-refractivity contribution is 5.74. The van der Waals surface area contributed by atoms with Crippen molar-refractivity contribution in [2.24, 2.45) is 5.92 Å². The molecule has 94 valence electrons. The number of hydrogen-bond acceptors (Lipinski definition) is 4.